The SMILES string of the molecule is NC1(C(=O)N2CCN(C(=O)C3CCC(c4ccc(Cl)cc4F)CC3)CC2)CCC1. The lowest BCUT2D eigenvalue weighted by Gasteiger charge is -2.44. The molecule has 1 heterocycles. The first kappa shape index (κ1) is 20.6. The van der Waals surface area contributed by atoms with Crippen LogP contribution in [0.4, 0.5) is 4.39 Å². The highest BCUT2D eigenvalue weighted by Gasteiger charge is 2.43. The van der Waals surface area contributed by atoms with Crippen molar-refractivity contribution in [3.8, 4) is 0 Å². The van der Waals surface area contributed by atoms with Crippen molar-refractivity contribution < 1.29 is 14.0 Å². The molecule has 29 heavy (non-hydrogen) atoms. The number of nitrogens with zero attached hydrogens (tertiary/aromatic N) is 2. The second-order valence-corrected chi connectivity index (χ2v) is 9.28. The maximum absolute atomic E-state index is 14.2. The third-order valence-corrected chi connectivity index (χ3v) is 7.26. The normalized spacial score (nSPS) is 26.7. The second kappa shape index (κ2) is 8.23. The summed E-state index contributed by atoms with van der Waals surface area (Å²) in [6.45, 7) is 2.28. The largest absolute Gasteiger partial charge is 0.339 e. The molecule has 158 valence electrons. The molecule has 3 fully saturated rings. The molecule has 5 nitrogen and oxygen atoms in total. The maximum atomic E-state index is 14.2. The van der Waals surface area contributed by atoms with Crippen molar-refractivity contribution in [3.05, 3.63) is 34.6 Å². The van der Waals surface area contributed by atoms with Crippen LogP contribution in [0.2, 0.25) is 5.02 Å². The lowest BCUT2D eigenvalue weighted by atomic mass is 9.76. The number of carbonyl (C=O) groups is 2. The van der Waals surface area contributed by atoms with Gasteiger partial charge in [0.15, 0.2) is 0 Å². The molecule has 4 rings (SSSR count). The molecular weight excluding hydrogens is 393 g/mol. The predicted molar refractivity (Wildman–Crippen MR) is 110 cm³/mol. The second-order valence-electron chi connectivity index (χ2n) is 8.84. The van der Waals surface area contributed by atoms with Crippen LogP contribution in [0.15, 0.2) is 18.2 Å². The molecule has 1 aromatic rings. The highest BCUT2D eigenvalue weighted by molar-refractivity contribution is 6.30. The minimum absolute atomic E-state index is 0.00338. The molecule has 1 saturated heterocycles. The molecule has 0 atom stereocenters. The highest BCUT2D eigenvalue weighted by atomic mass is 35.5. The Kier molecular flexibility index (Phi) is 5.85. The minimum Gasteiger partial charge on any atom is -0.339 e. The van der Waals surface area contributed by atoms with Crippen LogP contribution >= 0.6 is 11.6 Å². The summed E-state index contributed by atoms with van der Waals surface area (Å²) in [6, 6.07) is 4.87. The van der Waals surface area contributed by atoms with E-state index in [4.69, 9.17) is 17.3 Å². The van der Waals surface area contributed by atoms with Crippen LogP contribution < -0.4 is 5.73 Å². The number of halogens is 2. The minimum atomic E-state index is -0.665. The van der Waals surface area contributed by atoms with Crippen molar-refractivity contribution in [2.45, 2.75) is 56.4 Å². The highest BCUT2D eigenvalue weighted by Crippen LogP contribution is 2.38. The molecule has 0 radical (unpaired) electrons. The lowest BCUT2D eigenvalue weighted by molar-refractivity contribution is -0.147. The Bertz CT molecular complexity index is 782. The molecular formula is C22H29ClFN3O2. The van der Waals surface area contributed by atoms with E-state index >= 15 is 0 Å². The summed E-state index contributed by atoms with van der Waals surface area (Å²) in [5.41, 5.74) is 6.20. The Labute approximate surface area is 176 Å². The van der Waals surface area contributed by atoms with Gasteiger partial charge >= 0.3 is 0 Å². The maximum Gasteiger partial charge on any atom is 0.242 e. The molecule has 0 unspecified atom stereocenters. The zero-order valence-electron chi connectivity index (χ0n) is 16.7. The van der Waals surface area contributed by atoms with Crippen LogP contribution in [0, 0.1) is 11.7 Å². The summed E-state index contributed by atoms with van der Waals surface area (Å²) < 4.78 is 14.2. The van der Waals surface area contributed by atoms with Crippen molar-refractivity contribution in [2.24, 2.45) is 11.7 Å². The van der Waals surface area contributed by atoms with Crippen molar-refractivity contribution >= 4 is 23.4 Å². The van der Waals surface area contributed by atoms with Crippen LogP contribution in [0.25, 0.3) is 0 Å². The first-order valence-electron chi connectivity index (χ1n) is 10.7. The van der Waals surface area contributed by atoms with Gasteiger partial charge in [0.25, 0.3) is 0 Å². The van der Waals surface area contributed by atoms with E-state index in [1.54, 1.807) is 12.1 Å². The zero-order valence-corrected chi connectivity index (χ0v) is 17.5. The summed E-state index contributed by atoms with van der Waals surface area (Å²) in [4.78, 5) is 29.2. The molecule has 2 aliphatic carbocycles. The van der Waals surface area contributed by atoms with Gasteiger partial charge in [-0.25, -0.2) is 4.39 Å². The monoisotopic (exact) mass is 421 g/mol. The number of nitrogens with two attached hydrogens (primary N) is 1. The Morgan fingerprint density at radius 2 is 1.66 bits per heavy atom. The number of hydrogen-bond donors (Lipinski definition) is 1. The number of amides is 2. The van der Waals surface area contributed by atoms with Crippen molar-refractivity contribution in [1.29, 1.82) is 0 Å². The molecule has 0 spiro atoms. The Hall–Kier alpha value is -1.66. The standard InChI is InChI=1S/C22H29ClFN3O2/c23-17-6-7-18(19(24)14-17)15-2-4-16(5-3-15)20(28)26-10-12-27(13-11-26)21(29)22(25)8-1-9-22/h6-7,14-16H,1-5,8-13,25H2. The zero-order chi connectivity index (χ0) is 20.6. The smallest absolute Gasteiger partial charge is 0.242 e. The van der Waals surface area contributed by atoms with E-state index < -0.39 is 5.54 Å². The first-order valence-corrected chi connectivity index (χ1v) is 11.1. The van der Waals surface area contributed by atoms with Crippen LogP contribution in [0.1, 0.15) is 56.4 Å². The van der Waals surface area contributed by atoms with Gasteiger partial charge in [0.2, 0.25) is 11.8 Å². The van der Waals surface area contributed by atoms with Gasteiger partial charge in [0.05, 0.1) is 5.54 Å². The van der Waals surface area contributed by atoms with Gasteiger partial charge in [0, 0.05) is 37.1 Å². The molecule has 7 heteroatoms. The molecule has 3 aliphatic rings. The third-order valence-electron chi connectivity index (χ3n) is 7.03. The summed E-state index contributed by atoms with van der Waals surface area (Å²) in [7, 11) is 0. The fraction of sp³-hybridized carbons (Fsp3) is 0.636. The molecule has 1 aromatic carbocycles. The number of hydrogen-bond acceptors (Lipinski definition) is 3. The van der Waals surface area contributed by atoms with Gasteiger partial charge < -0.3 is 15.5 Å². The summed E-state index contributed by atoms with van der Waals surface area (Å²) in [5, 5.41) is 0.408. The quantitative estimate of drug-likeness (QED) is 0.814. The average Bonchev–Trinajstić information content (AvgIpc) is 2.71. The number of rotatable bonds is 3. The molecule has 2 amide bonds. The van der Waals surface area contributed by atoms with E-state index in [9.17, 15) is 14.0 Å². The van der Waals surface area contributed by atoms with E-state index in [1.165, 1.54) is 6.07 Å². The molecule has 0 aromatic heterocycles. The Morgan fingerprint density at radius 3 is 2.21 bits per heavy atom. The van der Waals surface area contributed by atoms with Gasteiger partial charge in [-0.1, -0.05) is 17.7 Å². The van der Waals surface area contributed by atoms with Crippen LogP contribution in [0.5, 0.6) is 0 Å². The van der Waals surface area contributed by atoms with E-state index in [0.717, 1.165) is 44.9 Å². The van der Waals surface area contributed by atoms with E-state index in [2.05, 4.69) is 0 Å². The fourth-order valence-corrected chi connectivity index (χ4v) is 5.12. The van der Waals surface area contributed by atoms with E-state index in [0.29, 0.717) is 36.8 Å². The van der Waals surface area contributed by atoms with E-state index in [1.807, 2.05) is 9.80 Å². The van der Waals surface area contributed by atoms with Gasteiger partial charge in [-0.2, -0.15) is 0 Å². The lowest BCUT2D eigenvalue weighted by Crippen LogP contribution is -2.63. The number of carbonyl (C=O) groups excluding carboxylic acids is 2. The van der Waals surface area contributed by atoms with Crippen molar-refractivity contribution in [3.63, 3.8) is 0 Å². The number of benzene rings is 1. The molecule has 1 aliphatic heterocycles. The fourth-order valence-electron chi connectivity index (χ4n) is 4.96. The first-order chi connectivity index (χ1) is 13.9. The van der Waals surface area contributed by atoms with Gasteiger partial charge in [-0.15, -0.1) is 0 Å². The third kappa shape index (κ3) is 4.15. The Morgan fingerprint density at radius 1 is 1.03 bits per heavy atom. The Balaban J connectivity index is 1.27. The van der Waals surface area contributed by atoms with Gasteiger partial charge in [0.1, 0.15) is 5.82 Å². The summed E-state index contributed by atoms with van der Waals surface area (Å²) in [6.07, 6.45) is 5.72. The predicted octanol–water partition coefficient (Wildman–Crippen LogP) is 3.31. The molecule has 0 bridgehead atoms. The van der Waals surface area contributed by atoms with Crippen molar-refractivity contribution in [1.82, 2.24) is 9.80 Å². The van der Waals surface area contributed by atoms with Crippen LogP contribution in [-0.2, 0) is 9.59 Å². The molecule has 2 saturated carbocycles. The van der Waals surface area contributed by atoms with E-state index in [-0.39, 0.29) is 29.5 Å². The average molecular weight is 422 g/mol. The van der Waals surface area contributed by atoms with Crippen LogP contribution in [0.3, 0.4) is 0 Å². The van der Waals surface area contributed by atoms with Gasteiger partial charge in [-0.3, -0.25) is 9.59 Å². The number of piperazine rings is 1. The topological polar surface area (TPSA) is 66.6 Å². The van der Waals surface area contributed by atoms with Crippen LogP contribution in [-0.4, -0.2) is 53.3 Å². The summed E-state index contributed by atoms with van der Waals surface area (Å²) >= 11 is 5.85. The van der Waals surface area contributed by atoms with Gasteiger partial charge in [-0.05, 0) is 68.6 Å². The summed E-state index contributed by atoms with van der Waals surface area (Å²) in [5.74, 6) is 0.113. The molecule has 2 N–H and O–H groups in total. The van der Waals surface area contributed by atoms with Crippen molar-refractivity contribution in [2.75, 3.05) is 26.2 Å².